The molecule has 2 rings (SSSR count). The molecule has 0 saturated heterocycles. The minimum Gasteiger partial charge on any atom is -0.478 e. The first-order valence-corrected chi connectivity index (χ1v) is 5.51. The number of aromatic carboxylic acids is 1. The first-order valence-electron chi connectivity index (χ1n) is 5.13. The highest BCUT2D eigenvalue weighted by atomic mass is 35.5. The van der Waals surface area contributed by atoms with Crippen LogP contribution < -0.4 is 0 Å². The molecule has 18 heavy (non-hydrogen) atoms. The maximum atomic E-state index is 13.3. The van der Waals surface area contributed by atoms with Gasteiger partial charge in [-0.25, -0.2) is 9.18 Å². The van der Waals surface area contributed by atoms with Crippen LogP contribution in [0.25, 0.3) is 11.1 Å². The Morgan fingerprint density at radius 1 is 1.33 bits per heavy atom. The van der Waals surface area contributed by atoms with Gasteiger partial charge in [-0.05, 0) is 30.7 Å². The Balaban J connectivity index is 2.58. The summed E-state index contributed by atoms with van der Waals surface area (Å²) in [6.45, 7) is 1.61. The average molecular weight is 266 g/mol. The van der Waals surface area contributed by atoms with E-state index in [0.717, 1.165) is 0 Å². The monoisotopic (exact) mass is 265 g/mol. The quantitative estimate of drug-likeness (QED) is 0.903. The van der Waals surface area contributed by atoms with Crippen LogP contribution in [0.5, 0.6) is 0 Å². The molecule has 0 saturated carbocycles. The minimum atomic E-state index is -1.07. The van der Waals surface area contributed by atoms with E-state index in [9.17, 15) is 9.18 Å². The third-order valence-corrected chi connectivity index (χ3v) is 2.86. The Kier molecular flexibility index (Phi) is 3.30. The molecule has 92 valence electrons. The number of pyridine rings is 1. The fourth-order valence-electron chi connectivity index (χ4n) is 1.58. The minimum absolute atomic E-state index is 0.0607. The van der Waals surface area contributed by atoms with Crippen molar-refractivity contribution in [2.24, 2.45) is 0 Å². The lowest BCUT2D eigenvalue weighted by Gasteiger charge is -2.07. The zero-order valence-corrected chi connectivity index (χ0v) is 10.2. The van der Waals surface area contributed by atoms with Gasteiger partial charge < -0.3 is 5.11 Å². The van der Waals surface area contributed by atoms with Crippen LogP contribution in [0.4, 0.5) is 4.39 Å². The van der Waals surface area contributed by atoms with Crippen LogP contribution in [0.1, 0.15) is 15.9 Å². The van der Waals surface area contributed by atoms with Crippen LogP contribution in [0.2, 0.25) is 5.02 Å². The molecule has 0 spiro atoms. The molecule has 0 atom stereocenters. The van der Waals surface area contributed by atoms with Crippen LogP contribution in [0.3, 0.4) is 0 Å². The summed E-state index contributed by atoms with van der Waals surface area (Å²) in [6.07, 6.45) is 2.74. The van der Waals surface area contributed by atoms with Crippen molar-refractivity contribution in [1.82, 2.24) is 4.98 Å². The lowest BCUT2D eigenvalue weighted by molar-refractivity contribution is 0.0696. The van der Waals surface area contributed by atoms with Crippen molar-refractivity contribution in [3.8, 4) is 11.1 Å². The van der Waals surface area contributed by atoms with Crippen molar-refractivity contribution in [3.63, 3.8) is 0 Å². The van der Waals surface area contributed by atoms with Crippen LogP contribution in [-0.4, -0.2) is 16.1 Å². The van der Waals surface area contributed by atoms with E-state index in [2.05, 4.69) is 4.98 Å². The maximum absolute atomic E-state index is 13.3. The number of nitrogens with zero attached hydrogens (tertiary/aromatic N) is 1. The fourth-order valence-corrected chi connectivity index (χ4v) is 1.84. The number of rotatable bonds is 2. The number of halogens is 2. The number of carbonyl (C=O) groups is 1. The highest BCUT2D eigenvalue weighted by Crippen LogP contribution is 2.30. The van der Waals surface area contributed by atoms with Crippen LogP contribution in [-0.2, 0) is 0 Å². The molecule has 1 aromatic heterocycles. The van der Waals surface area contributed by atoms with E-state index in [-0.39, 0.29) is 10.6 Å². The van der Waals surface area contributed by atoms with Crippen LogP contribution in [0.15, 0.2) is 30.6 Å². The lowest BCUT2D eigenvalue weighted by atomic mass is 10.0. The van der Waals surface area contributed by atoms with Gasteiger partial charge in [0.15, 0.2) is 0 Å². The molecule has 1 N–H and O–H groups in total. The molecule has 0 fully saturated rings. The van der Waals surface area contributed by atoms with E-state index in [4.69, 9.17) is 16.7 Å². The summed E-state index contributed by atoms with van der Waals surface area (Å²) >= 11 is 5.95. The van der Waals surface area contributed by atoms with Crippen molar-refractivity contribution in [1.29, 1.82) is 0 Å². The van der Waals surface area contributed by atoms with Gasteiger partial charge in [0.1, 0.15) is 5.82 Å². The van der Waals surface area contributed by atoms with Gasteiger partial charge in [0.25, 0.3) is 0 Å². The third kappa shape index (κ3) is 2.33. The summed E-state index contributed by atoms with van der Waals surface area (Å²) in [5.74, 6) is -1.47. The Hall–Kier alpha value is -1.94. The van der Waals surface area contributed by atoms with Crippen molar-refractivity contribution in [2.45, 2.75) is 6.92 Å². The van der Waals surface area contributed by atoms with Crippen molar-refractivity contribution in [3.05, 3.63) is 52.6 Å². The first kappa shape index (κ1) is 12.5. The standard InChI is InChI=1S/C13H9ClFNO2/c1-7-2-10(11(14)4-12(7)15)8-3-9(13(17)18)6-16-5-8/h2-6H,1H3,(H,17,18). The molecule has 0 radical (unpaired) electrons. The second-order valence-electron chi connectivity index (χ2n) is 3.85. The Morgan fingerprint density at radius 3 is 2.72 bits per heavy atom. The predicted molar refractivity (Wildman–Crippen MR) is 66.3 cm³/mol. The lowest BCUT2D eigenvalue weighted by Crippen LogP contribution is -1.97. The Morgan fingerprint density at radius 2 is 2.06 bits per heavy atom. The SMILES string of the molecule is Cc1cc(-c2cncc(C(=O)O)c2)c(Cl)cc1F. The second-order valence-corrected chi connectivity index (χ2v) is 4.26. The molecule has 0 aliphatic carbocycles. The molecule has 1 aromatic carbocycles. The topological polar surface area (TPSA) is 50.2 Å². The summed E-state index contributed by atoms with van der Waals surface area (Å²) in [4.78, 5) is 14.7. The van der Waals surface area contributed by atoms with Crippen molar-refractivity contribution in [2.75, 3.05) is 0 Å². The van der Waals surface area contributed by atoms with E-state index in [0.29, 0.717) is 16.7 Å². The zero-order chi connectivity index (χ0) is 13.3. The maximum Gasteiger partial charge on any atom is 0.337 e. The highest BCUT2D eigenvalue weighted by Gasteiger charge is 2.10. The summed E-state index contributed by atoms with van der Waals surface area (Å²) in [5.41, 5.74) is 1.61. The third-order valence-electron chi connectivity index (χ3n) is 2.54. The van der Waals surface area contributed by atoms with E-state index in [1.807, 2.05) is 0 Å². The average Bonchev–Trinajstić information content (AvgIpc) is 2.34. The predicted octanol–water partition coefficient (Wildman–Crippen LogP) is 3.55. The smallest absolute Gasteiger partial charge is 0.337 e. The molecule has 5 heteroatoms. The zero-order valence-electron chi connectivity index (χ0n) is 9.45. The first-order chi connectivity index (χ1) is 8.49. The van der Waals surface area contributed by atoms with E-state index in [1.54, 1.807) is 13.0 Å². The van der Waals surface area contributed by atoms with Crippen molar-refractivity contribution >= 4 is 17.6 Å². The molecular formula is C13H9ClFNO2. The Bertz CT molecular complexity index is 628. The highest BCUT2D eigenvalue weighted by molar-refractivity contribution is 6.33. The summed E-state index contributed by atoms with van der Waals surface area (Å²) in [7, 11) is 0. The van der Waals surface area contributed by atoms with Gasteiger partial charge >= 0.3 is 5.97 Å². The van der Waals surface area contributed by atoms with Gasteiger partial charge in [-0.1, -0.05) is 11.6 Å². The molecular weight excluding hydrogens is 257 g/mol. The van der Waals surface area contributed by atoms with Crippen molar-refractivity contribution < 1.29 is 14.3 Å². The van der Waals surface area contributed by atoms with Gasteiger partial charge in [-0.2, -0.15) is 0 Å². The molecule has 0 aliphatic heterocycles. The van der Waals surface area contributed by atoms with Gasteiger partial charge in [-0.15, -0.1) is 0 Å². The molecule has 3 nitrogen and oxygen atoms in total. The van der Waals surface area contributed by atoms with Gasteiger partial charge in [-0.3, -0.25) is 4.98 Å². The number of carboxylic acid groups (broad SMARTS) is 1. The molecule has 0 amide bonds. The number of benzene rings is 1. The van der Waals surface area contributed by atoms with Crippen LogP contribution >= 0.6 is 11.6 Å². The van der Waals surface area contributed by atoms with E-state index >= 15 is 0 Å². The molecule has 0 aliphatic rings. The fraction of sp³-hybridized carbons (Fsp3) is 0.0769. The van der Waals surface area contributed by atoms with Crippen LogP contribution in [0, 0.1) is 12.7 Å². The molecule has 1 heterocycles. The number of hydrogen-bond acceptors (Lipinski definition) is 2. The summed E-state index contributed by atoms with van der Waals surface area (Å²) in [5, 5.41) is 9.12. The van der Waals surface area contributed by atoms with Gasteiger partial charge in [0.2, 0.25) is 0 Å². The number of aromatic nitrogens is 1. The number of aryl methyl sites for hydroxylation is 1. The Labute approximate surface area is 108 Å². The summed E-state index contributed by atoms with van der Waals surface area (Å²) in [6, 6.07) is 4.23. The second kappa shape index (κ2) is 4.74. The van der Waals surface area contributed by atoms with Gasteiger partial charge in [0.05, 0.1) is 10.6 Å². The summed E-state index contributed by atoms with van der Waals surface area (Å²) < 4.78 is 13.3. The molecule has 2 aromatic rings. The largest absolute Gasteiger partial charge is 0.478 e. The molecule has 0 bridgehead atoms. The van der Waals surface area contributed by atoms with E-state index in [1.165, 1.54) is 24.5 Å². The number of carboxylic acids is 1. The van der Waals surface area contributed by atoms with E-state index < -0.39 is 11.8 Å². The van der Waals surface area contributed by atoms with Gasteiger partial charge in [0, 0.05) is 23.5 Å². The normalized spacial score (nSPS) is 10.4. The number of hydrogen-bond donors (Lipinski definition) is 1. The molecule has 0 unspecified atom stereocenters.